The Morgan fingerprint density at radius 1 is 1.78 bits per heavy atom. The minimum absolute atomic E-state index is 0.795. The average Bonchev–Trinajstić information content (AvgIpc) is 1.66. The molecule has 0 rings (SSSR count). The highest BCUT2D eigenvalue weighted by Gasteiger charge is 1.70. The fourth-order valence-corrected chi connectivity index (χ4v) is 0.694. The van der Waals surface area contributed by atoms with E-state index in [9.17, 15) is 0 Å². The number of rotatable bonds is 2. The molecule has 0 heterocycles. The third-order valence-corrected chi connectivity index (χ3v) is 1.01. The van der Waals surface area contributed by atoms with Crippen LogP contribution in [0.5, 0.6) is 0 Å². The second-order valence-electron chi connectivity index (χ2n) is 1.35. The Kier molecular flexibility index (Phi) is 14.6. The summed E-state index contributed by atoms with van der Waals surface area (Å²) in [4.78, 5) is 9.00. The molecule has 0 radical (unpaired) electrons. The Balaban J connectivity index is 0. The molecule has 1 N–H and O–H groups in total. The van der Waals surface area contributed by atoms with Gasteiger partial charge in [0.2, 0.25) is 0 Å². The zero-order valence-electron chi connectivity index (χ0n) is 5.43. The standard InChI is InChI=1S/C3H8ClP.C2H4O2/c4-2-1-3-5;1-2(3)4/h1-3,5H2;1H3,(H,3,4). The molecule has 0 aliphatic rings. The lowest BCUT2D eigenvalue weighted by Gasteiger charge is -1.77. The van der Waals surface area contributed by atoms with E-state index in [-0.39, 0.29) is 0 Å². The monoisotopic (exact) mass is 170 g/mol. The fourth-order valence-electron chi connectivity index (χ4n) is 0.0772. The summed E-state index contributed by atoms with van der Waals surface area (Å²) in [6.45, 7) is 1.08. The highest BCUT2D eigenvalue weighted by Crippen LogP contribution is 1.88. The SMILES string of the molecule is CC(=O)O.PCCCCl. The number of aliphatic carboxylic acids is 1. The Labute approximate surface area is 62.8 Å². The van der Waals surface area contributed by atoms with Crippen molar-refractivity contribution in [1.82, 2.24) is 0 Å². The summed E-state index contributed by atoms with van der Waals surface area (Å²) in [5.41, 5.74) is 0. The van der Waals surface area contributed by atoms with E-state index < -0.39 is 5.97 Å². The van der Waals surface area contributed by atoms with Crippen LogP contribution in [0.1, 0.15) is 13.3 Å². The maximum atomic E-state index is 9.00. The third kappa shape index (κ3) is 65.4. The molecule has 0 aliphatic heterocycles. The Hall–Kier alpha value is 0.190. The smallest absolute Gasteiger partial charge is 0.300 e. The van der Waals surface area contributed by atoms with Crippen molar-refractivity contribution in [2.45, 2.75) is 13.3 Å². The van der Waals surface area contributed by atoms with E-state index in [1.807, 2.05) is 0 Å². The number of alkyl halides is 1. The van der Waals surface area contributed by atoms with Crippen LogP contribution in [-0.4, -0.2) is 23.1 Å². The van der Waals surface area contributed by atoms with Gasteiger partial charge in [-0.3, -0.25) is 4.79 Å². The van der Waals surface area contributed by atoms with Gasteiger partial charge >= 0.3 is 0 Å². The van der Waals surface area contributed by atoms with E-state index in [0.717, 1.165) is 25.4 Å². The van der Waals surface area contributed by atoms with Crippen LogP contribution in [-0.2, 0) is 4.79 Å². The maximum Gasteiger partial charge on any atom is 0.300 e. The van der Waals surface area contributed by atoms with Gasteiger partial charge in [0.25, 0.3) is 5.97 Å². The summed E-state index contributed by atoms with van der Waals surface area (Å²) in [7, 11) is 2.62. The fraction of sp³-hybridized carbons (Fsp3) is 0.800. The van der Waals surface area contributed by atoms with E-state index in [4.69, 9.17) is 21.5 Å². The maximum absolute atomic E-state index is 9.00. The van der Waals surface area contributed by atoms with Crippen LogP contribution in [0, 0.1) is 0 Å². The molecule has 1 atom stereocenters. The summed E-state index contributed by atoms with van der Waals surface area (Å²) in [6.07, 6.45) is 2.25. The lowest BCUT2D eigenvalue weighted by atomic mass is 10.6. The van der Waals surface area contributed by atoms with Crippen molar-refractivity contribution in [3.05, 3.63) is 0 Å². The highest BCUT2D eigenvalue weighted by atomic mass is 35.5. The lowest BCUT2D eigenvalue weighted by Crippen LogP contribution is -1.78. The molecule has 9 heavy (non-hydrogen) atoms. The molecular weight excluding hydrogens is 158 g/mol. The van der Waals surface area contributed by atoms with E-state index in [2.05, 4.69) is 9.24 Å². The van der Waals surface area contributed by atoms with E-state index in [1.54, 1.807) is 0 Å². The lowest BCUT2D eigenvalue weighted by molar-refractivity contribution is -0.134. The molecule has 1 unspecified atom stereocenters. The third-order valence-electron chi connectivity index (χ3n) is 0.338. The second-order valence-corrected chi connectivity index (χ2v) is 2.31. The van der Waals surface area contributed by atoms with Crippen LogP contribution in [0.25, 0.3) is 0 Å². The number of halogens is 1. The van der Waals surface area contributed by atoms with Crippen molar-refractivity contribution >= 4 is 26.8 Å². The van der Waals surface area contributed by atoms with Crippen molar-refractivity contribution in [3.63, 3.8) is 0 Å². The van der Waals surface area contributed by atoms with Crippen LogP contribution in [0.4, 0.5) is 0 Å². The molecule has 4 heteroatoms. The molecular formula is C5H12ClO2P. The molecule has 2 nitrogen and oxygen atoms in total. The van der Waals surface area contributed by atoms with Crippen molar-refractivity contribution in [3.8, 4) is 0 Å². The normalized spacial score (nSPS) is 7.44. The van der Waals surface area contributed by atoms with Crippen molar-refractivity contribution < 1.29 is 9.90 Å². The summed E-state index contributed by atoms with van der Waals surface area (Å²) >= 11 is 5.29. The van der Waals surface area contributed by atoms with E-state index in [1.165, 1.54) is 0 Å². The zero-order valence-corrected chi connectivity index (χ0v) is 7.34. The number of carboxylic acids is 1. The number of carboxylic acid groups (broad SMARTS) is 1. The first-order valence-electron chi connectivity index (χ1n) is 2.60. The number of hydrogen-bond acceptors (Lipinski definition) is 1. The molecule has 0 fully saturated rings. The topological polar surface area (TPSA) is 37.3 Å². The highest BCUT2D eigenvalue weighted by molar-refractivity contribution is 7.16. The first-order valence-corrected chi connectivity index (χ1v) is 3.95. The molecule has 0 amide bonds. The molecule has 0 aromatic rings. The van der Waals surface area contributed by atoms with Gasteiger partial charge in [0.05, 0.1) is 0 Å². The van der Waals surface area contributed by atoms with Crippen LogP contribution >= 0.6 is 20.8 Å². The molecule has 0 bridgehead atoms. The van der Waals surface area contributed by atoms with Crippen LogP contribution in [0.15, 0.2) is 0 Å². The van der Waals surface area contributed by atoms with Crippen molar-refractivity contribution in [2.24, 2.45) is 0 Å². The van der Waals surface area contributed by atoms with Gasteiger partial charge in [0.15, 0.2) is 0 Å². The predicted molar refractivity (Wildman–Crippen MR) is 43.2 cm³/mol. The van der Waals surface area contributed by atoms with Gasteiger partial charge in [-0.25, -0.2) is 0 Å². The Morgan fingerprint density at radius 3 is 2.11 bits per heavy atom. The minimum atomic E-state index is -0.833. The van der Waals surface area contributed by atoms with Gasteiger partial charge in [0, 0.05) is 12.8 Å². The summed E-state index contributed by atoms with van der Waals surface area (Å²) in [5, 5.41) is 7.42. The van der Waals surface area contributed by atoms with E-state index >= 15 is 0 Å². The first-order chi connectivity index (χ1) is 4.15. The second kappa shape index (κ2) is 11.0. The summed E-state index contributed by atoms with van der Waals surface area (Å²) in [6, 6.07) is 0. The number of hydrogen-bond donors (Lipinski definition) is 1. The summed E-state index contributed by atoms with van der Waals surface area (Å²) in [5.74, 6) is -0.0382. The van der Waals surface area contributed by atoms with E-state index in [0.29, 0.717) is 0 Å². The predicted octanol–water partition coefficient (Wildman–Crippen LogP) is 1.58. The molecule has 0 aliphatic carbocycles. The summed E-state index contributed by atoms with van der Waals surface area (Å²) < 4.78 is 0. The Bertz CT molecular complexity index is 62.0. The molecule has 0 saturated carbocycles. The van der Waals surface area contributed by atoms with Gasteiger partial charge < -0.3 is 5.11 Å². The van der Waals surface area contributed by atoms with Crippen LogP contribution in [0.3, 0.4) is 0 Å². The minimum Gasteiger partial charge on any atom is -0.481 e. The van der Waals surface area contributed by atoms with Gasteiger partial charge in [-0.15, -0.1) is 20.8 Å². The largest absolute Gasteiger partial charge is 0.481 e. The van der Waals surface area contributed by atoms with Gasteiger partial charge in [-0.2, -0.15) is 0 Å². The van der Waals surface area contributed by atoms with Crippen LogP contribution in [0.2, 0.25) is 0 Å². The molecule has 0 aromatic heterocycles. The van der Waals surface area contributed by atoms with Gasteiger partial charge in [-0.05, 0) is 12.6 Å². The van der Waals surface area contributed by atoms with Crippen LogP contribution < -0.4 is 0 Å². The van der Waals surface area contributed by atoms with Gasteiger partial charge in [-0.1, -0.05) is 0 Å². The Morgan fingerprint density at radius 2 is 2.11 bits per heavy atom. The molecule has 0 spiro atoms. The van der Waals surface area contributed by atoms with Crippen molar-refractivity contribution in [2.75, 3.05) is 12.0 Å². The number of carbonyl (C=O) groups is 1. The van der Waals surface area contributed by atoms with Gasteiger partial charge in [0.1, 0.15) is 0 Å². The molecule has 56 valence electrons. The quantitative estimate of drug-likeness (QED) is 0.505. The zero-order chi connectivity index (χ0) is 7.70. The first kappa shape index (κ1) is 11.9. The molecule has 0 saturated heterocycles. The average molecular weight is 171 g/mol. The molecule has 0 aromatic carbocycles. The van der Waals surface area contributed by atoms with Crippen molar-refractivity contribution in [1.29, 1.82) is 0 Å².